The maximum atomic E-state index is 13.5. The quantitative estimate of drug-likeness (QED) is 0.870. The van der Waals surface area contributed by atoms with Crippen molar-refractivity contribution in [3.8, 4) is 0 Å². The van der Waals surface area contributed by atoms with Crippen LogP contribution in [0.4, 0.5) is 4.39 Å². The first-order valence-electron chi connectivity index (χ1n) is 4.78. The molecule has 0 aliphatic heterocycles. The maximum Gasteiger partial charge on any atom is 0.339 e. The van der Waals surface area contributed by atoms with Crippen LogP contribution in [0.2, 0.25) is 0 Å². The van der Waals surface area contributed by atoms with Gasteiger partial charge in [0.15, 0.2) is 6.10 Å². The molecule has 1 aromatic rings. The molecule has 0 fully saturated rings. The van der Waals surface area contributed by atoms with Gasteiger partial charge < -0.3 is 9.84 Å². The molecule has 0 aromatic heterocycles. The molecule has 1 atom stereocenters. The molecule has 88 valence electrons. The number of aliphatic hydroxyl groups is 1. The second-order valence-corrected chi connectivity index (χ2v) is 4.04. The number of ether oxygens (including phenoxy) is 1. The largest absolute Gasteiger partial charge is 0.464 e. The first-order chi connectivity index (χ1) is 7.49. The van der Waals surface area contributed by atoms with E-state index in [0.29, 0.717) is 4.47 Å². The average molecular weight is 291 g/mol. The van der Waals surface area contributed by atoms with E-state index in [2.05, 4.69) is 20.7 Å². The molecule has 0 amide bonds. The van der Waals surface area contributed by atoms with Gasteiger partial charge in [-0.2, -0.15) is 0 Å². The molecule has 1 aromatic carbocycles. The lowest BCUT2D eigenvalue weighted by molar-refractivity contribution is -0.153. The Morgan fingerprint density at radius 2 is 2.25 bits per heavy atom. The van der Waals surface area contributed by atoms with E-state index in [4.69, 9.17) is 0 Å². The van der Waals surface area contributed by atoms with Crippen molar-refractivity contribution in [2.75, 3.05) is 6.61 Å². The molecule has 0 saturated heterocycles. The van der Waals surface area contributed by atoms with E-state index in [0.717, 1.165) is 5.56 Å². The summed E-state index contributed by atoms with van der Waals surface area (Å²) in [6, 6.07) is 2.76. The highest BCUT2D eigenvalue weighted by molar-refractivity contribution is 9.10. The molecule has 0 aliphatic rings. The van der Waals surface area contributed by atoms with Gasteiger partial charge in [-0.15, -0.1) is 0 Å². The van der Waals surface area contributed by atoms with Crippen molar-refractivity contribution in [1.29, 1.82) is 0 Å². The lowest BCUT2D eigenvalue weighted by atomic mass is 10.1. The number of esters is 1. The maximum absolute atomic E-state index is 13.5. The topological polar surface area (TPSA) is 46.5 Å². The second kappa shape index (κ2) is 5.41. The fourth-order valence-corrected chi connectivity index (χ4v) is 1.81. The lowest BCUT2D eigenvalue weighted by Gasteiger charge is -2.13. The molecule has 0 radical (unpaired) electrons. The smallest absolute Gasteiger partial charge is 0.339 e. The Bertz CT molecular complexity index is 406. The normalized spacial score (nSPS) is 12.3. The molecular weight excluding hydrogens is 279 g/mol. The number of rotatable bonds is 3. The molecular formula is C11H12BrFO3. The molecule has 16 heavy (non-hydrogen) atoms. The Balaban J connectivity index is 3.12. The van der Waals surface area contributed by atoms with Crippen LogP contribution in [0.15, 0.2) is 16.6 Å². The number of aliphatic hydroxyl groups excluding tert-OH is 1. The third-order valence-corrected chi connectivity index (χ3v) is 3.16. The van der Waals surface area contributed by atoms with Gasteiger partial charge in [0, 0.05) is 10.0 Å². The number of halogens is 2. The number of hydrogen-bond donors (Lipinski definition) is 1. The Hall–Kier alpha value is -0.940. The minimum absolute atomic E-state index is 0.0848. The van der Waals surface area contributed by atoms with Gasteiger partial charge in [-0.3, -0.25) is 0 Å². The molecule has 5 heteroatoms. The van der Waals surface area contributed by atoms with Crippen LogP contribution >= 0.6 is 15.9 Å². The van der Waals surface area contributed by atoms with Gasteiger partial charge in [-0.25, -0.2) is 9.18 Å². The third-order valence-electron chi connectivity index (χ3n) is 2.10. The van der Waals surface area contributed by atoms with E-state index in [1.807, 2.05) is 0 Å². The van der Waals surface area contributed by atoms with Gasteiger partial charge in [0.25, 0.3) is 0 Å². The molecule has 0 aliphatic carbocycles. The van der Waals surface area contributed by atoms with Crippen molar-refractivity contribution >= 4 is 21.9 Å². The fourth-order valence-electron chi connectivity index (χ4n) is 1.27. The van der Waals surface area contributed by atoms with Crippen LogP contribution in [0.1, 0.15) is 24.2 Å². The zero-order valence-corrected chi connectivity index (χ0v) is 10.5. The van der Waals surface area contributed by atoms with Gasteiger partial charge >= 0.3 is 5.97 Å². The van der Waals surface area contributed by atoms with Crippen LogP contribution in [-0.2, 0) is 9.53 Å². The van der Waals surface area contributed by atoms with Crippen molar-refractivity contribution in [3.63, 3.8) is 0 Å². The van der Waals surface area contributed by atoms with Crippen LogP contribution in [0.3, 0.4) is 0 Å². The first kappa shape index (κ1) is 13.1. The Morgan fingerprint density at radius 1 is 1.62 bits per heavy atom. The van der Waals surface area contributed by atoms with Crippen molar-refractivity contribution in [2.24, 2.45) is 0 Å². The minimum atomic E-state index is -1.60. The summed E-state index contributed by atoms with van der Waals surface area (Å²) < 4.78 is 18.5. The summed E-state index contributed by atoms with van der Waals surface area (Å²) in [6.07, 6.45) is -1.60. The highest BCUT2D eigenvalue weighted by atomic mass is 79.9. The van der Waals surface area contributed by atoms with Crippen LogP contribution in [0, 0.1) is 12.7 Å². The number of aryl methyl sites for hydroxylation is 1. The zero-order valence-electron chi connectivity index (χ0n) is 8.96. The number of benzene rings is 1. The molecule has 1 rings (SSSR count). The molecule has 0 heterocycles. The van der Waals surface area contributed by atoms with E-state index < -0.39 is 17.9 Å². The SMILES string of the molecule is CCOC(=O)C(O)c1c(F)ccc(C)c1Br. The summed E-state index contributed by atoms with van der Waals surface area (Å²) in [5.74, 6) is -1.49. The van der Waals surface area contributed by atoms with Crippen molar-refractivity contribution < 1.29 is 19.0 Å². The fraction of sp³-hybridized carbons (Fsp3) is 0.364. The van der Waals surface area contributed by atoms with Gasteiger partial charge in [0.05, 0.1) is 6.61 Å². The zero-order chi connectivity index (χ0) is 12.3. The monoisotopic (exact) mass is 290 g/mol. The summed E-state index contributed by atoms with van der Waals surface area (Å²) in [6.45, 7) is 3.50. The molecule has 1 unspecified atom stereocenters. The highest BCUT2D eigenvalue weighted by Crippen LogP contribution is 2.29. The lowest BCUT2D eigenvalue weighted by Crippen LogP contribution is -2.17. The van der Waals surface area contributed by atoms with E-state index in [-0.39, 0.29) is 12.2 Å². The van der Waals surface area contributed by atoms with Crippen molar-refractivity contribution in [3.05, 3.63) is 33.5 Å². The summed E-state index contributed by atoms with van der Waals surface area (Å²) in [5.41, 5.74) is 0.651. The number of carbonyl (C=O) groups excluding carboxylic acids is 1. The van der Waals surface area contributed by atoms with Crippen LogP contribution in [0.5, 0.6) is 0 Å². The second-order valence-electron chi connectivity index (χ2n) is 3.25. The predicted octanol–water partition coefficient (Wildman–Crippen LogP) is 2.49. The van der Waals surface area contributed by atoms with E-state index in [1.165, 1.54) is 6.07 Å². The third kappa shape index (κ3) is 2.59. The Kier molecular flexibility index (Phi) is 4.44. The molecule has 0 spiro atoms. The molecule has 1 N–H and O–H groups in total. The van der Waals surface area contributed by atoms with Crippen LogP contribution in [0.25, 0.3) is 0 Å². The van der Waals surface area contributed by atoms with E-state index in [9.17, 15) is 14.3 Å². The molecule has 0 bridgehead atoms. The summed E-state index contributed by atoms with van der Waals surface area (Å²) >= 11 is 3.14. The van der Waals surface area contributed by atoms with Gasteiger partial charge in [0.2, 0.25) is 0 Å². The number of carbonyl (C=O) groups is 1. The standard InChI is InChI=1S/C11H12BrFO3/c1-3-16-11(15)10(14)8-7(13)5-4-6(2)9(8)12/h4-5,10,14H,3H2,1-2H3. The minimum Gasteiger partial charge on any atom is -0.464 e. The summed E-state index contributed by atoms with van der Waals surface area (Å²) in [4.78, 5) is 11.3. The van der Waals surface area contributed by atoms with Gasteiger partial charge in [-0.1, -0.05) is 22.0 Å². The van der Waals surface area contributed by atoms with Gasteiger partial charge in [-0.05, 0) is 25.5 Å². The molecule has 3 nitrogen and oxygen atoms in total. The van der Waals surface area contributed by atoms with Crippen molar-refractivity contribution in [1.82, 2.24) is 0 Å². The highest BCUT2D eigenvalue weighted by Gasteiger charge is 2.25. The van der Waals surface area contributed by atoms with Crippen molar-refractivity contribution in [2.45, 2.75) is 20.0 Å². The summed E-state index contributed by atoms with van der Waals surface area (Å²) in [5, 5.41) is 9.66. The Labute approximate surface area is 101 Å². The Morgan fingerprint density at radius 3 is 2.81 bits per heavy atom. The van der Waals surface area contributed by atoms with Gasteiger partial charge in [0.1, 0.15) is 5.82 Å². The first-order valence-corrected chi connectivity index (χ1v) is 5.57. The average Bonchev–Trinajstić information content (AvgIpc) is 2.24. The predicted molar refractivity (Wildman–Crippen MR) is 60.4 cm³/mol. The summed E-state index contributed by atoms with van der Waals surface area (Å²) in [7, 11) is 0. The van der Waals surface area contributed by atoms with Crippen LogP contribution in [-0.4, -0.2) is 17.7 Å². The van der Waals surface area contributed by atoms with E-state index in [1.54, 1.807) is 19.9 Å². The van der Waals surface area contributed by atoms with E-state index >= 15 is 0 Å². The van der Waals surface area contributed by atoms with Crippen LogP contribution < -0.4 is 0 Å². The number of hydrogen-bond acceptors (Lipinski definition) is 3. The molecule has 0 saturated carbocycles.